The van der Waals surface area contributed by atoms with E-state index in [1.807, 2.05) is 6.92 Å². The van der Waals surface area contributed by atoms with E-state index in [1.165, 1.54) is 13.4 Å². The maximum absolute atomic E-state index is 15.5. The number of nitrogens with one attached hydrogen (secondary N) is 3. The van der Waals surface area contributed by atoms with Gasteiger partial charge in [-0.25, -0.2) is 14.4 Å². The Hall–Kier alpha value is -3.53. The molecule has 3 atom stereocenters. The fourth-order valence-electron chi connectivity index (χ4n) is 5.46. The van der Waals surface area contributed by atoms with Crippen LogP contribution in [-0.4, -0.2) is 59.2 Å². The number of aromatic nitrogens is 3. The number of rotatable bonds is 9. The van der Waals surface area contributed by atoms with Gasteiger partial charge in [0, 0.05) is 24.9 Å². The summed E-state index contributed by atoms with van der Waals surface area (Å²) >= 11 is 0. The Morgan fingerprint density at radius 3 is 2.64 bits per heavy atom. The van der Waals surface area contributed by atoms with Gasteiger partial charge in [0.15, 0.2) is 0 Å². The number of aromatic amines is 1. The first kappa shape index (κ1) is 27.1. The van der Waals surface area contributed by atoms with E-state index in [1.54, 1.807) is 19.1 Å². The SMILES string of the molecule is COCC(=O)N[C@@H]1CC[C@H](NC(=O)c2c(C)[nH]c3c(-c4c(OCC5CC5)ccc(C)c4F)ncnc23)C[C@H]1C. The van der Waals surface area contributed by atoms with Crippen LogP contribution in [0.25, 0.3) is 22.3 Å². The summed E-state index contributed by atoms with van der Waals surface area (Å²) in [6.07, 6.45) is 5.85. The number of halogens is 1. The van der Waals surface area contributed by atoms with Gasteiger partial charge in [-0.2, -0.15) is 0 Å². The molecule has 3 aromatic rings. The molecular formula is C29H36FN5O4. The lowest BCUT2D eigenvalue weighted by Gasteiger charge is -2.35. The minimum Gasteiger partial charge on any atom is -0.492 e. The minimum atomic E-state index is -0.398. The second-order valence-electron chi connectivity index (χ2n) is 11.0. The van der Waals surface area contributed by atoms with Gasteiger partial charge in [0.05, 0.1) is 23.3 Å². The molecule has 9 nitrogen and oxygen atoms in total. The predicted octanol–water partition coefficient (Wildman–Crippen LogP) is 4.22. The number of benzene rings is 1. The van der Waals surface area contributed by atoms with Gasteiger partial charge in [0.2, 0.25) is 5.91 Å². The third-order valence-electron chi connectivity index (χ3n) is 7.83. The zero-order valence-corrected chi connectivity index (χ0v) is 22.9. The molecule has 10 heteroatoms. The number of hydrogen-bond donors (Lipinski definition) is 3. The maximum Gasteiger partial charge on any atom is 0.255 e. The van der Waals surface area contributed by atoms with Gasteiger partial charge in [-0.3, -0.25) is 9.59 Å². The van der Waals surface area contributed by atoms with E-state index in [4.69, 9.17) is 9.47 Å². The number of fused-ring (bicyclic) bond motifs is 1. The molecule has 5 rings (SSSR count). The normalized spacial score (nSPS) is 21.1. The van der Waals surface area contributed by atoms with Gasteiger partial charge in [-0.05, 0) is 69.4 Å². The molecule has 0 spiro atoms. The zero-order valence-electron chi connectivity index (χ0n) is 22.9. The topological polar surface area (TPSA) is 118 Å². The van der Waals surface area contributed by atoms with Crippen LogP contribution in [0.5, 0.6) is 5.75 Å². The van der Waals surface area contributed by atoms with E-state index in [2.05, 4.69) is 32.5 Å². The number of carbonyl (C=O) groups excluding carboxylic acids is 2. The first-order valence-corrected chi connectivity index (χ1v) is 13.6. The molecule has 0 saturated heterocycles. The van der Waals surface area contributed by atoms with E-state index in [0.717, 1.165) is 32.1 Å². The molecule has 2 aliphatic carbocycles. The summed E-state index contributed by atoms with van der Waals surface area (Å²) in [6.45, 7) is 6.17. The zero-order chi connectivity index (χ0) is 27.7. The summed E-state index contributed by atoms with van der Waals surface area (Å²) in [6, 6.07) is 3.50. The van der Waals surface area contributed by atoms with Gasteiger partial charge in [0.25, 0.3) is 5.91 Å². The summed E-state index contributed by atoms with van der Waals surface area (Å²) in [5.41, 5.74) is 3.13. The summed E-state index contributed by atoms with van der Waals surface area (Å²) < 4.78 is 26.4. The smallest absolute Gasteiger partial charge is 0.255 e. The largest absolute Gasteiger partial charge is 0.492 e. The number of nitrogens with zero attached hydrogens (tertiary/aromatic N) is 2. The van der Waals surface area contributed by atoms with Crippen molar-refractivity contribution in [1.82, 2.24) is 25.6 Å². The number of amides is 2. The molecule has 2 aliphatic rings. The Kier molecular flexibility index (Phi) is 7.83. The van der Waals surface area contributed by atoms with Crippen LogP contribution in [0.3, 0.4) is 0 Å². The fraction of sp³-hybridized carbons (Fsp3) is 0.517. The van der Waals surface area contributed by atoms with Crippen molar-refractivity contribution in [2.45, 2.75) is 65.0 Å². The quantitative estimate of drug-likeness (QED) is 0.376. The highest BCUT2D eigenvalue weighted by Crippen LogP contribution is 2.39. The lowest BCUT2D eigenvalue weighted by molar-refractivity contribution is -0.126. The van der Waals surface area contributed by atoms with Crippen LogP contribution < -0.4 is 15.4 Å². The van der Waals surface area contributed by atoms with Gasteiger partial charge < -0.3 is 25.1 Å². The average Bonchev–Trinajstić information content (AvgIpc) is 3.66. The fourth-order valence-corrected chi connectivity index (χ4v) is 5.46. The first-order chi connectivity index (χ1) is 18.8. The average molecular weight is 538 g/mol. The molecule has 2 amide bonds. The Morgan fingerprint density at radius 2 is 1.92 bits per heavy atom. The van der Waals surface area contributed by atoms with Gasteiger partial charge in [-0.1, -0.05) is 13.0 Å². The third-order valence-corrected chi connectivity index (χ3v) is 7.83. The van der Waals surface area contributed by atoms with Crippen molar-refractivity contribution in [3.63, 3.8) is 0 Å². The molecule has 2 fully saturated rings. The predicted molar refractivity (Wildman–Crippen MR) is 145 cm³/mol. The second-order valence-corrected chi connectivity index (χ2v) is 11.0. The van der Waals surface area contributed by atoms with Crippen molar-refractivity contribution in [2.75, 3.05) is 20.3 Å². The van der Waals surface area contributed by atoms with Gasteiger partial charge >= 0.3 is 0 Å². The molecule has 0 aliphatic heterocycles. The monoisotopic (exact) mass is 537 g/mol. The molecule has 0 radical (unpaired) electrons. The Morgan fingerprint density at radius 1 is 1.13 bits per heavy atom. The molecule has 208 valence electrons. The summed E-state index contributed by atoms with van der Waals surface area (Å²) in [5, 5.41) is 6.18. The van der Waals surface area contributed by atoms with Crippen molar-refractivity contribution in [2.24, 2.45) is 11.8 Å². The number of ether oxygens (including phenoxy) is 2. The van der Waals surface area contributed by atoms with E-state index in [9.17, 15) is 9.59 Å². The van der Waals surface area contributed by atoms with Crippen molar-refractivity contribution >= 4 is 22.8 Å². The van der Waals surface area contributed by atoms with Gasteiger partial charge in [-0.15, -0.1) is 0 Å². The van der Waals surface area contributed by atoms with Crippen LogP contribution in [0.1, 0.15) is 60.6 Å². The van der Waals surface area contributed by atoms with Gasteiger partial charge in [0.1, 0.15) is 35.7 Å². The lowest BCUT2D eigenvalue weighted by atomic mass is 9.82. The van der Waals surface area contributed by atoms with E-state index in [-0.39, 0.29) is 42.0 Å². The van der Waals surface area contributed by atoms with E-state index in [0.29, 0.717) is 51.8 Å². The molecule has 0 bridgehead atoms. The maximum atomic E-state index is 15.5. The van der Waals surface area contributed by atoms with E-state index < -0.39 is 5.82 Å². The summed E-state index contributed by atoms with van der Waals surface area (Å²) in [4.78, 5) is 37.5. The minimum absolute atomic E-state index is 0.0354. The first-order valence-electron chi connectivity index (χ1n) is 13.6. The standard InChI is InChI=1S/C29H36FN5O4/c1-15-5-10-21(39-12-18-6-7-18)24(25(15)30)27-28-26(31-14-32-27)23(17(3)33-28)29(37)34-19-8-9-20(16(2)11-19)35-22(36)13-38-4/h5,10,14,16,18-20,33H,6-9,11-13H2,1-4H3,(H,34,37)(H,35,36)/t16-,19+,20-/m1/s1. The number of aryl methyl sites for hydroxylation is 2. The molecule has 39 heavy (non-hydrogen) atoms. The molecule has 2 saturated carbocycles. The van der Waals surface area contributed by atoms with Crippen LogP contribution in [-0.2, 0) is 9.53 Å². The number of carbonyl (C=O) groups is 2. The number of hydrogen-bond acceptors (Lipinski definition) is 6. The van der Waals surface area contributed by atoms with Crippen molar-refractivity contribution in [3.05, 3.63) is 41.1 Å². The van der Waals surface area contributed by atoms with Crippen molar-refractivity contribution in [1.29, 1.82) is 0 Å². The highest BCUT2D eigenvalue weighted by atomic mass is 19.1. The Bertz CT molecular complexity index is 1390. The molecule has 3 N–H and O–H groups in total. The highest BCUT2D eigenvalue weighted by Gasteiger charge is 2.31. The molecule has 2 aromatic heterocycles. The number of H-pyrrole nitrogens is 1. The Balaban J connectivity index is 1.38. The van der Waals surface area contributed by atoms with Crippen molar-refractivity contribution in [3.8, 4) is 17.0 Å². The molecule has 1 aromatic carbocycles. The molecular weight excluding hydrogens is 501 g/mol. The van der Waals surface area contributed by atoms with Crippen LogP contribution in [0.4, 0.5) is 4.39 Å². The van der Waals surface area contributed by atoms with E-state index >= 15 is 4.39 Å². The van der Waals surface area contributed by atoms with Crippen LogP contribution in [0, 0.1) is 31.5 Å². The lowest BCUT2D eigenvalue weighted by Crippen LogP contribution is -2.48. The molecule has 2 heterocycles. The van der Waals surface area contributed by atoms with Crippen LogP contribution >= 0.6 is 0 Å². The van der Waals surface area contributed by atoms with Crippen LogP contribution in [0.15, 0.2) is 18.5 Å². The molecule has 0 unspecified atom stereocenters. The number of methoxy groups -OCH3 is 1. The third kappa shape index (κ3) is 5.75. The summed E-state index contributed by atoms with van der Waals surface area (Å²) in [7, 11) is 1.50. The second kappa shape index (κ2) is 11.3. The van der Waals surface area contributed by atoms with Crippen LogP contribution in [0.2, 0.25) is 0 Å². The Labute approximate surface area is 227 Å². The summed E-state index contributed by atoms with van der Waals surface area (Å²) in [5.74, 6) is 0.373. The van der Waals surface area contributed by atoms with Crippen molar-refractivity contribution < 1.29 is 23.5 Å². The highest BCUT2D eigenvalue weighted by molar-refractivity contribution is 6.09.